The second kappa shape index (κ2) is 13.1. The van der Waals surface area contributed by atoms with Crippen LogP contribution in [0, 0.1) is 0 Å². The molecule has 0 bridgehead atoms. The molecule has 3 atom stereocenters. The topological polar surface area (TPSA) is 99.6 Å². The number of nitrogens with zero attached hydrogens (tertiary/aromatic N) is 2. The van der Waals surface area contributed by atoms with E-state index in [1.807, 2.05) is 17.5 Å². The summed E-state index contributed by atoms with van der Waals surface area (Å²) >= 11 is 1.55. The van der Waals surface area contributed by atoms with Crippen LogP contribution in [0.1, 0.15) is 69.8 Å². The fraction of sp³-hybridized carbons (Fsp3) is 0.312. The number of hydrogen-bond acceptors (Lipinski definition) is 7. The number of thiazole rings is 1. The summed E-state index contributed by atoms with van der Waals surface area (Å²) in [6.45, 7) is 1.75. The number of aliphatic hydroxyl groups is 1. The van der Waals surface area contributed by atoms with E-state index in [-0.39, 0.29) is 29.2 Å². The van der Waals surface area contributed by atoms with Crippen LogP contribution >= 0.6 is 11.3 Å². The van der Waals surface area contributed by atoms with E-state index in [9.17, 15) is 31.5 Å². The van der Waals surface area contributed by atoms with E-state index in [2.05, 4.69) is 15.2 Å². The quantitative estimate of drug-likeness (QED) is 0.215. The number of sulfone groups is 1. The number of carbonyl (C=O) groups is 1. The number of carbonyl (C=O) groups excluding carboxylic acids is 1. The van der Waals surface area contributed by atoms with Gasteiger partial charge in [0.25, 0.3) is 5.91 Å². The maximum Gasteiger partial charge on any atom is 0.416 e. The third kappa shape index (κ3) is 6.98. The molecule has 1 aliphatic heterocycles. The summed E-state index contributed by atoms with van der Waals surface area (Å²) in [6.07, 6.45) is -1.08. The number of benzene rings is 3. The van der Waals surface area contributed by atoms with Gasteiger partial charge in [0, 0.05) is 35.3 Å². The molecule has 44 heavy (non-hydrogen) atoms. The highest BCUT2D eigenvalue weighted by molar-refractivity contribution is 7.91. The molecule has 1 amide bonds. The Bertz CT molecular complexity index is 1660. The Labute approximate surface area is 258 Å². The minimum atomic E-state index is -4.39. The van der Waals surface area contributed by atoms with Crippen LogP contribution in [0.4, 0.5) is 18.9 Å². The first kappa shape index (κ1) is 31.7. The van der Waals surface area contributed by atoms with Gasteiger partial charge in [0.15, 0.2) is 9.84 Å². The third-order valence-electron chi connectivity index (χ3n) is 8.00. The van der Waals surface area contributed by atoms with Crippen molar-refractivity contribution in [3.63, 3.8) is 0 Å². The molecular weight excluding hydrogens is 611 g/mol. The van der Waals surface area contributed by atoms with Crippen LogP contribution in [0.15, 0.2) is 89.3 Å². The average Bonchev–Trinajstić information content (AvgIpc) is 3.58. The van der Waals surface area contributed by atoms with Crippen LogP contribution in [-0.4, -0.2) is 43.3 Å². The highest BCUT2D eigenvalue weighted by atomic mass is 32.2. The molecule has 4 aromatic rings. The fourth-order valence-electron chi connectivity index (χ4n) is 5.48. The minimum absolute atomic E-state index is 0.0143. The predicted molar refractivity (Wildman–Crippen MR) is 164 cm³/mol. The largest absolute Gasteiger partial charge is 0.416 e. The Balaban J connectivity index is 1.33. The van der Waals surface area contributed by atoms with Crippen LogP contribution in [0.3, 0.4) is 0 Å². The number of alkyl halides is 3. The number of anilines is 1. The number of amides is 1. The van der Waals surface area contributed by atoms with E-state index >= 15 is 0 Å². The Morgan fingerprint density at radius 1 is 1.05 bits per heavy atom. The summed E-state index contributed by atoms with van der Waals surface area (Å²) in [7, 11) is -3.37. The molecule has 232 valence electrons. The molecule has 0 saturated carbocycles. The highest BCUT2D eigenvalue weighted by Crippen LogP contribution is 2.41. The molecule has 0 spiro atoms. The predicted octanol–water partition coefficient (Wildman–Crippen LogP) is 6.54. The van der Waals surface area contributed by atoms with Gasteiger partial charge in [-0.3, -0.25) is 4.79 Å². The molecule has 5 rings (SSSR count). The highest BCUT2D eigenvalue weighted by Gasteiger charge is 2.34. The molecule has 1 saturated heterocycles. The molecule has 2 heterocycles. The average molecular weight is 644 g/mol. The van der Waals surface area contributed by atoms with Gasteiger partial charge in [-0.25, -0.2) is 13.4 Å². The van der Waals surface area contributed by atoms with Crippen molar-refractivity contribution in [3.05, 3.63) is 112 Å². The molecule has 1 fully saturated rings. The molecule has 1 aromatic heterocycles. The standard InChI is InChI=1S/C32H32F3N3O4S2/c1-2-44(41,42)27-14-7-22(8-15-27)28(20-39)37-30(40)23-5-12-26(13-6-23)38-19-24(9-16-29(38)31-36-17-18-43-31)21-3-10-25(11-4-21)32(33,34)35/h3-8,10-15,17-18,24,28-29,39H,2,9,16,19-20H2,1H3,(H,37,40)/t24?,28-,29-/m0/s1. The summed E-state index contributed by atoms with van der Waals surface area (Å²) in [5.74, 6) is -0.417. The lowest BCUT2D eigenvalue weighted by molar-refractivity contribution is -0.137. The van der Waals surface area contributed by atoms with Gasteiger partial charge < -0.3 is 15.3 Å². The SMILES string of the molecule is CCS(=O)(=O)c1ccc([C@H](CO)NC(=O)c2ccc(N3CC(c4ccc(C(F)(F)F)cc4)CC[C@H]3c3nccs3)cc2)cc1. The van der Waals surface area contributed by atoms with E-state index in [4.69, 9.17) is 0 Å². The van der Waals surface area contributed by atoms with Gasteiger partial charge in [0.1, 0.15) is 5.01 Å². The molecule has 7 nitrogen and oxygen atoms in total. The number of halogens is 3. The van der Waals surface area contributed by atoms with E-state index < -0.39 is 33.5 Å². The van der Waals surface area contributed by atoms with Gasteiger partial charge in [-0.2, -0.15) is 13.2 Å². The van der Waals surface area contributed by atoms with Crippen LogP contribution < -0.4 is 10.2 Å². The number of piperidine rings is 1. The maximum absolute atomic E-state index is 13.1. The molecule has 0 radical (unpaired) electrons. The Morgan fingerprint density at radius 3 is 2.30 bits per heavy atom. The van der Waals surface area contributed by atoms with E-state index in [0.717, 1.165) is 41.2 Å². The summed E-state index contributed by atoms with van der Waals surface area (Å²) < 4.78 is 63.6. The van der Waals surface area contributed by atoms with E-state index in [1.165, 1.54) is 12.1 Å². The summed E-state index contributed by atoms with van der Waals surface area (Å²) in [6, 6.07) is 17.7. The number of nitrogens with one attached hydrogen (secondary N) is 1. The van der Waals surface area contributed by atoms with Crippen molar-refractivity contribution in [2.45, 2.75) is 48.8 Å². The first-order chi connectivity index (χ1) is 21.0. The van der Waals surface area contributed by atoms with Gasteiger partial charge in [-0.1, -0.05) is 31.2 Å². The van der Waals surface area contributed by atoms with Gasteiger partial charge >= 0.3 is 6.18 Å². The fourth-order valence-corrected chi connectivity index (χ4v) is 7.15. The zero-order valence-electron chi connectivity index (χ0n) is 23.9. The zero-order chi connectivity index (χ0) is 31.5. The molecule has 1 unspecified atom stereocenters. The lowest BCUT2D eigenvalue weighted by Crippen LogP contribution is -2.37. The summed E-state index contributed by atoms with van der Waals surface area (Å²) in [5.41, 5.74) is 1.96. The lowest BCUT2D eigenvalue weighted by Gasteiger charge is -2.40. The van der Waals surface area contributed by atoms with Gasteiger partial charge in [-0.05, 0) is 72.5 Å². The van der Waals surface area contributed by atoms with Gasteiger partial charge in [0.05, 0.1) is 34.9 Å². The Hall–Kier alpha value is -3.74. The van der Waals surface area contributed by atoms with Crippen LogP contribution in [0.2, 0.25) is 0 Å². The molecule has 3 aromatic carbocycles. The molecule has 12 heteroatoms. The first-order valence-corrected chi connectivity index (χ1v) is 16.7. The normalized spacial score (nSPS) is 18.2. The smallest absolute Gasteiger partial charge is 0.394 e. The molecule has 2 N–H and O–H groups in total. The molecule has 1 aliphatic rings. The Morgan fingerprint density at radius 2 is 1.73 bits per heavy atom. The number of rotatable bonds is 9. The van der Waals surface area contributed by atoms with Gasteiger partial charge in [-0.15, -0.1) is 11.3 Å². The van der Waals surface area contributed by atoms with Crippen molar-refractivity contribution in [1.82, 2.24) is 10.3 Å². The van der Waals surface area contributed by atoms with Crippen molar-refractivity contribution in [2.24, 2.45) is 0 Å². The first-order valence-electron chi connectivity index (χ1n) is 14.2. The van der Waals surface area contributed by atoms with Crippen molar-refractivity contribution < 1.29 is 31.5 Å². The van der Waals surface area contributed by atoms with Crippen molar-refractivity contribution in [3.8, 4) is 0 Å². The lowest BCUT2D eigenvalue weighted by atomic mass is 9.86. The minimum Gasteiger partial charge on any atom is -0.394 e. The maximum atomic E-state index is 13.1. The second-order valence-electron chi connectivity index (χ2n) is 10.7. The number of aliphatic hydroxyl groups excluding tert-OH is 1. The monoisotopic (exact) mass is 643 g/mol. The summed E-state index contributed by atoms with van der Waals surface area (Å²) in [5, 5.41) is 15.6. The van der Waals surface area contributed by atoms with Crippen LogP contribution in [-0.2, 0) is 16.0 Å². The van der Waals surface area contributed by atoms with Crippen molar-refractivity contribution in [1.29, 1.82) is 0 Å². The van der Waals surface area contributed by atoms with Crippen molar-refractivity contribution in [2.75, 3.05) is 23.8 Å². The number of hydrogen-bond donors (Lipinski definition) is 2. The van der Waals surface area contributed by atoms with Crippen molar-refractivity contribution >= 4 is 32.8 Å². The Kier molecular flexibility index (Phi) is 9.42. The zero-order valence-corrected chi connectivity index (χ0v) is 25.5. The third-order valence-corrected chi connectivity index (χ3v) is 10.6. The number of aromatic nitrogens is 1. The second-order valence-corrected chi connectivity index (χ2v) is 13.9. The van der Waals surface area contributed by atoms with E-state index in [1.54, 1.807) is 60.9 Å². The molecular formula is C32H32F3N3O4S2. The summed E-state index contributed by atoms with van der Waals surface area (Å²) in [4.78, 5) is 20.0. The van der Waals surface area contributed by atoms with Crippen LogP contribution in [0.5, 0.6) is 0 Å². The molecule has 0 aliphatic carbocycles. The van der Waals surface area contributed by atoms with Gasteiger partial charge in [0.2, 0.25) is 0 Å². The van der Waals surface area contributed by atoms with Crippen LogP contribution in [0.25, 0.3) is 0 Å². The van der Waals surface area contributed by atoms with E-state index in [0.29, 0.717) is 17.7 Å².